The summed E-state index contributed by atoms with van der Waals surface area (Å²) in [5.41, 5.74) is 0. The van der Waals surface area contributed by atoms with E-state index in [-0.39, 0.29) is 32.2 Å². The number of hydrogen-bond acceptors (Lipinski definition) is 12. The summed E-state index contributed by atoms with van der Waals surface area (Å²) in [7, 11) is -3.49. The van der Waals surface area contributed by atoms with Crippen LogP contribution < -0.4 is 0 Å². The second kappa shape index (κ2) is 14.0. The van der Waals surface area contributed by atoms with E-state index in [1.165, 1.54) is 0 Å². The van der Waals surface area contributed by atoms with Gasteiger partial charge in [0.2, 0.25) is 0 Å². The molecule has 0 aromatic rings. The van der Waals surface area contributed by atoms with Crippen LogP contribution in [0.1, 0.15) is 47.5 Å². The Morgan fingerprint density at radius 1 is 0.879 bits per heavy atom. The average Bonchev–Trinajstić information content (AvgIpc) is 2.70. The van der Waals surface area contributed by atoms with Crippen molar-refractivity contribution in [2.75, 3.05) is 26.0 Å². The highest BCUT2D eigenvalue weighted by molar-refractivity contribution is 7.53. The van der Waals surface area contributed by atoms with Crippen LogP contribution in [0.4, 0.5) is 0 Å². The molecule has 0 spiro atoms. The average molecular weight is 498 g/mol. The van der Waals surface area contributed by atoms with Crippen LogP contribution in [0.5, 0.6) is 0 Å². The number of ether oxygens (including phenoxy) is 4. The van der Waals surface area contributed by atoms with Gasteiger partial charge in [-0.1, -0.05) is 0 Å². The van der Waals surface area contributed by atoms with Crippen molar-refractivity contribution in [3.05, 3.63) is 0 Å². The maximum absolute atomic E-state index is 12.9. The van der Waals surface area contributed by atoms with Gasteiger partial charge in [-0.2, -0.15) is 0 Å². The third kappa shape index (κ3) is 9.68. The summed E-state index contributed by atoms with van der Waals surface area (Å²) in [6, 6.07) is 0. The summed E-state index contributed by atoms with van der Waals surface area (Å²) < 4.78 is 45.6. The first kappa shape index (κ1) is 29.5. The number of esters is 3. The van der Waals surface area contributed by atoms with E-state index >= 15 is 0 Å². The normalized spacial score (nSPS) is 26.3. The third-order valence-corrected chi connectivity index (χ3v) is 6.80. The lowest BCUT2D eigenvalue weighted by Crippen LogP contribution is -2.61. The summed E-state index contributed by atoms with van der Waals surface area (Å²) in [6.07, 6.45) is -7.23. The van der Waals surface area contributed by atoms with Crippen molar-refractivity contribution < 1.29 is 57.2 Å². The Morgan fingerprint density at radius 3 is 1.76 bits per heavy atom. The number of carbonyl (C=O) groups excluding carboxylic acids is 3. The van der Waals surface area contributed by atoms with Gasteiger partial charge in [0, 0.05) is 27.2 Å². The van der Waals surface area contributed by atoms with Crippen molar-refractivity contribution in [3.63, 3.8) is 0 Å². The zero-order valence-corrected chi connectivity index (χ0v) is 20.5. The van der Waals surface area contributed by atoms with Gasteiger partial charge in [-0.15, -0.1) is 0 Å². The zero-order valence-electron chi connectivity index (χ0n) is 19.6. The van der Waals surface area contributed by atoms with Crippen molar-refractivity contribution in [1.82, 2.24) is 0 Å². The first-order valence-corrected chi connectivity index (χ1v) is 12.5. The fourth-order valence-corrected chi connectivity index (χ4v) is 5.28. The minimum atomic E-state index is -3.49. The highest BCUT2D eigenvalue weighted by Crippen LogP contribution is 2.49. The summed E-state index contributed by atoms with van der Waals surface area (Å²) in [6.45, 7) is 6.45. The van der Waals surface area contributed by atoms with Crippen LogP contribution in [0, 0.1) is 0 Å². The van der Waals surface area contributed by atoms with E-state index in [1.54, 1.807) is 13.8 Å². The number of carbonyl (C=O) groups is 3. The van der Waals surface area contributed by atoms with E-state index in [9.17, 15) is 29.2 Å². The van der Waals surface area contributed by atoms with Gasteiger partial charge in [-0.3, -0.25) is 18.9 Å². The molecule has 1 saturated heterocycles. The molecule has 1 unspecified atom stereocenters. The molecule has 0 bridgehead atoms. The lowest BCUT2D eigenvalue weighted by Gasteiger charge is -2.45. The van der Waals surface area contributed by atoms with E-state index in [0.29, 0.717) is 0 Å². The molecular formula is C20H35O12P. The van der Waals surface area contributed by atoms with Crippen LogP contribution in [0.3, 0.4) is 0 Å². The third-order valence-electron chi connectivity index (χ3n) is 4.69. The minimum Gasteiger partial charge on any atom is -0.456 e. The predicted octanol–water partition coefficient (Wildman–Crippen LogP) is 0.948. The largest absolute Gasteiger partial charge is 0.456 e. The molecule has 33 heavy (non-hydrogen) atoms. The van der Waals surface area contributed by atoms with Crippen molar-refractivity contribution in [2.24, 2.45) is 0 Å². The first-order valence-electron chi connectivity index (χ1n) is 10.8. The van der Waals surface area contributed by atoms with Crippen LogP contribution >= 0.6 is 7.60 Å². The zero-order chi connectivity index (χ0) is 25.2. The van der Waals surface area contributed by atoms with Gasteiger partial charge in [0.25, 0.3) is 0 Å². The lowest BCUT2D eigenvalue weighted by atomic mass is 9.90. The molecule has 0 aromatic heterocycles. The monoisotopic (exact) mass is 498 g/mol. The number of rotatable bonds is 13. The molecule has 2 N–H and O–H groups in total. The lowest BCUT2D eigenvalue weighted by molar-refractivity contribution is -0.250. The van der Waals surface area contributed by atoms with Crippen LogP contribution in [0.2, 0.25) is 0 Å². The van der Waals surface area contributed by atoms with E-state index < -0.39 is 68.7 Å². The Balaban J connectivity index is 3.34. The van der Waals surface area contributed by atoms with E-state index in [1.807, 2.05) is 0 Å². The van der Waals surface area contributed by atoms with Crippen LogP contribution in [-0.2, 0) is 46.9 Å². The molecular weight excluding hydrogens is 463 g/mol. The number of hydrogen-bond donors (Lipinski definition) is 2. The summed E-state index contributed by atoms with van der Waals surface area (Å²) >= 11 is 0. The second-order valence-corrected chi connectivity index (χ2v) is 9.65. The maximum Gasteiger partial charge on any atom is 0.330 e. The van der Waals surface area contributed by atoms with Gasteiger partial charge >= 0.3 is 25.5 Å². The van der Waals surface area contributed by atoms with Gasteiger partial charge in [0.1, 0.15) is 6.10 Å². The molecule has 0 aliphatic carbocycles. The highest BCUT2D eigenvalue weighted by Gasteiger charge is 2.52. The van der Waals surface area contributed by atoms with Crippen molar-refractivity contribution >= 4 is 25.5 Å². The Hall–Kier alpha value is -1.56. The van der Waals surface area contributed by atoms with E-state index in [2.05, 4.69) is 0 Å². The molecule has 0 radical (unpaired) electrons. The molecule has 1 fully saturated rings. The smallest absolute Gasteiger partial charge is 0.330 e. The van der Waals surface area contributed by atoms with Gasteiger partial charge in [-0.05, 0) is 20.3 Å². The molecule has 1 heterocycles. The van der Waals surface area contributed by atoms with Gasteiger partial charge < -0.3 is 38.2 Å². The molecule has 0 saturated carbocycles. The Labute approximate surface area is 193 Å². The standard InChI is InChI=1S/C20H35O12P/c1-6-27-33(26,28-7-2)9-8-16-18(29-12(3)22)20(31-14(5)24)19(30-13(4)23)17(32-16)10-15(25)11-21/h15-21,25H,6-11H2,1-5H3/t15?,16-,17-,18-,19-,20+/m1/s1. The summed E-state index contributed by atoms with van der Waals surface area (Å²) in [5, 5.41) is 19.3. The Kier molecular flexibility index (Phi) is 12.5. The topological polar surface area (TPSA) is 164 Å². The molecule has 0 aromatic carbocycles. The first-order chi connectivity index (χ1) is 15.5. The van der Waals surface area contributed by atoms with Gasteiger partial charge in [0.05, 0.1) is 38.2 Å². The van der Waals surface area contributed by atoms with Crippen molar-refractivity contribution in [3.8, 4) is 0 Å². The number of aliphatic hydroxyl groups is 2. The fraction of sp³-hybridized carbons (Fsp3) is 0.850. The van der Waals surface area contributed by atoms with Gasteiger partial charge in [-0.25, -0.2) is 0 Å². The number of aliphatic hydroxyl groups excluding tert-OH is 2. The predicted molar refractivity (Wildman–Crippen MR) is 113 cm³/mol. The molecule has 1 aliphatic rings. The SMILES string of the molecule is CCOP(=O)(CC[C@H]1O[C@H](CC(O)CO)[C@@H](OC(C)=O)[C@@H](OC(C)=O)[C@@H]1OC(C)=O)OCC. The van der Waals surface area contributed by atoms with Crippen molar-refractivity contribution in [1.29, 1.82) is 0 Å². The van der Waals surface area contributed by atoms with Crippen molar-refractivity contribution in [2.45, 2.75) is 84.1 Å². The van der Waals surface area contributed by atoms with E-state index in [0.717, 1.165) is 20.8 Å². The van der Waals surface area contributed by atoms with Crippen LogP contribution in [0.15, 0.2) is 0 Å². The maximum atomic E-state index is 12.9. The Morgan fingerprint density at radius 2 is 1.33 bits per heavy atom. The highest BCUT2D eigenvalue weighted by atomic mass is 31.2. The molecule has 1 aliphatic heterocycles. The molecule has 192 valence electrons. The Bertz CT molecular complexity index is 689. The molecule has 6 atom stereocenters. The molecule has 0 amide bonds. The minimum absolute atomic E-state index is 0.00546. The van der Waals surface area contributed by atoms with Crippen LogP contribution in [0.25, 0.3) is 0 Å². The molecule has 1 rings (SSSR count). The quantitative estimate of drug-likeness (QED) is 0.210. The fourth-order valence-electron chi connectivity index (χ4n) is 3.59. The van der Waals surface area contributed by atoms with E-state index in [4.69, 9.17) is 28.0 Å². The van der Waals surface area contributed by atoms with Gasteiger partial charge in [0.15, 0.2) is 18.3 Å². The van der Waals surface area contributed by atoms with Crippen LogP contribution in [-0.4, -0.2) is 90.7 Å². The molecule has 12 nitrogen and oxygen atoms in total. The second-order valence-electron chi connectivity index (χ2n) is 7.47. The summed E-state index contributed by atoms with van der Waals surface area (Å²) in [5.74, 6) is -2.16. The summed E-state index contributed by atoms with van der Waals surface area (Å²) in [4.78, 5) is 35.4. The molecule has 13 heteroatoms.